The van der Waals surface area contributed by atoms with E-state index in [1.165, 1.54) is 12.8 Å². The van der Waals surface area contributed by atoms with E-state index >= 15 is 0 Å². The maximum Gasteiger partial charge on any atom is 0.237 e. The molecule has 2 aliphatic rings. The SMILES string of the molecule is CCC(C)C(=O)N1CCN(C(C(=O)NCc2ccccn2)C2CCCC2)CC1. The molecule has 28 heavy (non-hydrogen) atoms. The van der Waals surface area contributed by atoms with Gasteiger partial charge in [-0.05, 0) is 37.3 Å². The van der Waals surface area contributed by atoms with Crippen molar-refractivity contribution < 1.29 is 9.59 Å². The molecule has 0 bridgehead atoms. The van der Waals surface area contributed by atoms with Gasteiger partial charge in [0.25, 0.3) is 0 Å². The van der Waals surface area contributed by atoms with Crippen molar-refractivity contribution in [3.63, 3.8) is 0 Å². The van der Waals surface area contributed by atoms with Crippen LogP contribution in [0.15, 0.2) is 24.4 Å². The Morgan fingerprint density at radius 2 is 1.89 bits per heavy atom. The van der Waals surface area contributed by atoms with Crippen LogP contribution >= 0.6 is 0 Å². The third-order valence-corrected chi connectivity index (χ3v) is 6.34. The highest BCUT2D eigenvalue weighted by Gasteiger charge is 2.37. The van der Waals surface area contributed by atoms with Crippen LogP contribution in [-0.2, 0) is 16.1 Å². The first-order chi connectivity index (χ1) is 13.6. The lowest BCUT2D eigenvalue weighted by Gasteiger charge is -2.41. The molecule has 1 saturated heterocycles. The highest BCUT2D eigenvalue weighted by atomic mass is 16.2. The Kier molecular flexibility index (Phi) is 7.43. The minimum absolute atomic E-state index is 0.0823. The molecule has 2 fully saturated rings. The fourth-order valence-electron chi connectivity index (χ4n) is 4.44. The van der Waals surface area contributed by atoms with Crippen molar-refractivity contribution in [3.8, 4) is 0 Å². The number of hydrogen-bond acceptors (Lipinski definition) is 4. The molecular formula is C22H34N4O2. The van der Waals surface area contributed by atoms with Crippen molar-refractivity contribution in [1.82, 2.24) is 20.1 Å². The summed E-state index contributed by atoms with van der Waals surface area (Å²) in [6, 6.07) is 5.67. The molecule has 2 heterocycles. The largest absolute Gasteiger partial charge is 0.349 e. The van der Waals surface area contributed by atoms with Gasteiger partial charge in [0.2, 0.25) is 11.8 Å². The molecule has 6 heteroatoms. The summed E-state index contributed by atoms with van der Waals surface area (Å²) >= 11 is 0. The van der Waals surface area contributed by atoms with Crippen molar-refractivity contribution in [2.75, 3.05) is 26.2 Å². The number of nitrogens with one attached hydrogen (secondary N) is 1. The van der Waals surface area contributed by atoms with Crippen molar-refractivity contribution >= 4 is 11.8 Å². The summed E-state index contributed by atoms with van der Waals surface area (Å²) in [5.41, 5.74) is 0.880. The number of aromatic nitrogens is 1. The monoisotopic (exact) mass is 386 g/mol. The fourth-order valence-corrected chi connectivity index (χ4v) is 4.44. The quantitative estimate of drug-likeness (QED) is 0.782. The summed E-state index contributed by atoms with van der Waals surface area (Å²) in [5.74, 6) is 0.859. The number of rotatable bonds is 7. The van der Waals surface area contributed by atoms with Crippen LogP contribution in [0.4, 0.5) is 0 Å². The summed E-state index contributed by atoms with van der Waals surface area (Å²) in [7, 11) is 0. The normalized spacial score (nSPS) is 20.7. The highest BCUT2D eigenvalue weighted by molar-refractivity contribution is 5.82. The maximum atomic E-state index is 13.1. The molecule has 1 aliphatic heterocycles. The molecule has 2 unspecified atom stereocenters. The molecule has 0 radical (unpaired) electrons. The summed E-state index contributed by atoms with van der Waals surface area (Å²) in [6.45, 7) is 7.53. The Hall–Kier alpha value is -1.95. The second kappa shape index (κ2) is 10.0. The second-order valence-corrected chi connectivity index (χ2v) is 8.20. The lowest BCUT2D eigenvalue weighted by atomic mass is 9.94. The Morgan fingerprint density at radius 1 is 1.18 bits per heavy atom. The van der Waals surface area contributed by atoms with Crippen LogP contribution in [0.5, 0.6) is 0 Å². The van der Waals surface area contributed by atoms with Gasteiger partial charge in [0.1, 0.15) is 0 Å². The van der Waals surface area contributed by atoms with Crippen LogP contribution in [0.2, 0.25) is 0 Å². The van der Waals surface area contributed by atoms with E-state index in [1.807, 2.05) is 30.0 Å². The molecule has 2 amide bonds. The molecule has 1 aromatic heterocycles. The zero-order chi connectivity index (χ0) is 19.9. The van der Waals surface area contributed by atoms with E-state index < -0.39 is 0 Å². The predicted octanol–water partition coefficient (Wildman–Crippen LogP) is 2.45. The zero-order valence-corrected chi connectivity index (χ0v) is 17.3. The number of carbonyl (C=O) groups excluding carboxylic acids is 2. The molecule has 2 atom stereocenters. The third-order valence-electron chi connectivity index (χ3n) is 6.34. The first-order valence-corrected chi connectivity index (χ1v) is 10.8. The standard InChI is InChI=1S/C22H34N4O2/c1-3-17(2)22(28)26-14-12-25(13-15-26)20(18-8-4-5-9-18)21(27)24-16-19-10-6-7-11-23-19/h6-7,10-11,17-18,20H,3-5,8-9,12-16H2,1-2H3,(H,24,27). The van der Waals surface area contributed by atoms with E-state index in [0.29, 0.717) is 12.5 Å². The first kappa shape index (κ1) is 20.8. The second-order valence-electron chi connectivity index (χ2n) is 8.20. The number of hydrogen-bond donors (Lipinski definition) is 1. The topological polar surface area (TPSA) is 65.5 Å². The molecule has 1 saturated carbocycles. The Morgan fingerprint density at radius 3 is 2.50 bits per heavy atom. The average molecular weight is 387 g/mol. The van der Waals surface area contributed by atoms with E-state index in [2.05, 4.69) is 22.1 Å². The van der Waals surface area contributed by atoms with Gasteiger partial charge >= 0.3 is 0 Å². The number of pyridine rings is 1. The van der Waals surface area contributed by atoms with E-state index in [4.69, 9.17) is 0 Å². The van der Waals surface area contributed by atoms with Crippen LogP contribution in [0.3, 0.4) is 0 Å². The summed E-state index contributed by atoms with van der Waals surface area (Å²) < 4.78 is 0. The highest BCUT2D eigenvalue weighted by Crippen LogP contribution is 2.31. The Balaban J connectivity index is 1.60. The molecule has 1 aliphatic carbocycles. The van der Waals surface area contributed by atoms with Gasteiger partial charge in [0.15, 0.2) is 0 Å². The summed E-state index contributed by atoms with van der Waals surface area (Å²) in [6.07, 6.45) is 7.28. The zero-order valence-electron chi connectivity index (χ0n) is 17.3. The Labute approximate surface area is 168 Å². The minimum Gasteiger partial charge on any atom is -0.349 e. The lowest BCUT2D eigenvalue weighted by molar-refractivity contribution is -0.138. The lowest BCUT2D eigenvalue weighted by Crippen LogP contribution is -2.58. The van der Waals surface area contributed by atoms with Crippen LogP contribution in [0.25, 0.3) is 0 Å². The van der Waals surface area contributed by atoms with E-state index in [1.54, 1.807) is 6.20 Å². The molecular weight excluding hydrogens is 352 g/mol. The average Bonchev–Trinajstić information content (AvgIpc) is 3.27. The maximum absolute atomic E-state index is 13.1. The number of piperazine rings is 1. The Bertz CT molecular complexity index is 637. The fraction of sp³-hybridized carbons (Fsp3) is 0.682. The van der Waals surface area contributed by atoms with Gasteiger partial charge in [-0.1, -0.05) is 32.8 Å². The van der Waals surface area contributed by atoms with Gasteiger partial charge in [-0.25, -0.2) is 0 Å². The van der Waals surface area contributed by atoms with Crippen molar-refractivity contribution in [2.24, 2.45) is 11.8 Å². The molecule has 1 N–H and O–H groups in total. The van der Waals surface area contributed by atoms with E-state index in [0.717, 1.165) is 51.1 Å². The van der Waals surface area contributed by atoms with Gasteiger partial charge in [-0.3, -0.25) is 19.5 Å². The minimum atomic E-state index is -0.0907. The van der Waals surface area contributed by atoms with Crippen LogP contribution in [0, 0.1) is 11.8 Å². The van der Waals surface area contributed by atoms with Crippen molar-refractivity contribution in [2.45, 2.75) is 58.5 Å². The molecule has 154 valence electrons. The molecule has 1 aromatic rings. The van der Waals surface area contributed by atoms with E-state index in [9.17, 15) is 9.59 Å². The van der Waals surface area contributed by atoms with Gasteiger partial charge in [-0.15, -0.1) is 0 Å². The molecule has 3 rings (SSSR count). The van der Waals surface area contributed by atoms with Crippen LogP contribution in [0.1, 0.15) is 51.6 Å². The predicted molar refractivity (Wildman–Crippen MR) is 109 cm³/mol. The van der Waals surface area contributed by atoms with E-state index in [-0.39, 0.29) is 23.8 Å². The third kappa shape index (κ3) is 5.10. The van der Waals surface area contributed by atoms with Gasteiger partial charge < -0.3 is 10.2 Å². The number of nitrogens with zero attached hydrogens (tertiary/aromatic N) is 3. The van der Waals surface area contributed by atoms with Crippen molar-refractivity contribution in [1.29, 1.82) is 0 Å². The van der Waals surface area contributed by atoms with Crippen LogP contribution < -0.4 is 5.32 Å². The molecule has 6 nitrogen and oxygen atoms in total. The van der Waals surface area contributed by atoms with Gasteiger partial charge in [0.05, 0.1) is 18.3 Å². The molecule has 0 aromatic carbocycles. The molecule has 0 spiro atoms. The van der Waals surface area contributed by atoms with Gasteiger partial charge in [-0.2, -0.15) is 0 Å². The summed E-state index contributed by atoms with van der Waals surface area (Å²) in [4.78, 5) is 34.2. The van der Waals surface area contributed by atoms with Crippen molar-refractivity contribution in [3.05, 3.63) is 30.1 Å². The number of amides is 2. The summed E-state index contributed by atoms with van der Waals surface area (Å²) in [5, 5.41) is 3.11. The first-order valence-electron chi connectivity index (χ1n) is 10.8. The van der Waals surface area contributed by atoms with Gasteiger partial charge in [0, 0.05) is 38.3 Å². The van der Waals surface area contributed by atoms with Crippen LogP contribution in [-0.4, -0.2) is 58.8 Å². The number of carbonyl (C=O) groups is 2. The smallest absolute Gasteiger partial charge is 0.237 e.